The van der Waals surface area contributed by atoms with Crippen molar-refractivity contribution in [3.8, 4) is 0 Å². The van der Waals surface area contributed by atoms with Crippen molar-refractivity contribution in [1.82, 2.24) is 0 Å². The molecule has 0 aliphatic rings. The highest BCUT2D eigenvalue weighted by molar-refractivity contribution is 9.26. The molecule has 0 aromatic rings. The van der Waals surface area contributed by atoms with Gasteiger partial charge in [-0.05, 0) is 58.2 Å². The molecule has 0 rings (SSSR count). The van der Waals surface area contributed by atoms with Gasteiger partial charge < -0.3 is 9.47 Å². The molecule has 30 heavy (non-hydrogen) atoms. The molecule has 0 saturated carbocycles. The van der Waals surface area contributed by atoms with E-state index in [0.29, 0.717) is 11.5 Å². The number of hydrogen-bond acceptors (Lipinski definition) is 6. The number of unbranched alkanes of at least 4 members (excludes halogenated alkanes) is 4. The molecule has 0 fully saturated rings. The second-order valence-electron chi connectivity index (χ2n) is 8.79. The van der Waals surface area contributed by atoms with Crippen molar-refractivity contribution in [2.75, 3.05) is 24.7 Å². The Balaban J connectivity index is 3.50. The Morgan fingerprint density at radius 1 is 0.600 bits per heavy atom. The lowest BCUT2D eigenvalue weighted by Gasteiger charge is -2.20. The van der Waals surface area contributed by atoms with Crippen molar-refractivity contribution in [3.05, 3.63) is 0 Å². The number of ether oxygens (including phenoxy) is 2. The molecular weight excluding hydrogens is 481 g/mol. The first kappa shape index (κ1) is 31.8. The molecule has 0 aliphatic heterocycles. The molecule has 2 nitrogen and oxygen atoms in total. The van der Waals surface area contributed by atoms with Gasteiger partial charge in [-0.1, -0.05) is 87.3 Å². The summed E-state index contributed by atoms with van der Waals surface area (Å²) in [6, 6.07) is 0. The lowest BCUT2D eigenvalue weighted by atomic mass is 10.2. The second-order valence-corrected chi connectivity index (χ2v) is 21.5. The summed E-state index contributed by atoms with van der Waals surface area (Å²) < 4.78 is 12.2. The van der Waals surface area contributed by atoms with Crippen LogP contribution in [0.1, 0.15) is 78.1 Å². The second kappa shape index (κ2) is 23.9. The minimum Gasteiger partial charge on any atom is -0.382 e. The molecule has 182 valence electrons. The van der Waals surface area contributed by atoms with Gasteiger partial charge in [0.2, 0.25) is 0 Å². The van der Waals surface area contributed by atoms with Crippen LogP contribution in [0.5, 0.6) is 0 Å². The largest absolute Gasteiger partial charge is 0.382 e. The summed E-state index contributed by atoms with van der Waals surface area (Å²) >= 11 is 0. The maximum atomic E-state index is 6.12. The minimum atomic E-state index is -0.680. The Bertz CT molecular complexity index is 321. The molecule has 0 bridgehead atoms. The first-order valence-corrected chi connectivity index (χ1v) is 23.4. The van der Waals surface area contributed by atoms with E-state index >= 15 is 0 Å². The first-order chi connectivity index (χ1) is 14.5. The van der Waals surface area contributed by atoms with Gasteiger partial charge in [-0.2, -0.15) is 0 Å². The van der Waals surface area contributed by atoms with E-state index in [4.69, 9.17) is 9.47 Å². The number of rotatable bonds is 23. The zero-order valence-corrected chi connectivity index (χ0v) is 26.2. The standard InChI is InChI=1S/C22H50O2S4Si2/c1-7-9-17-23-21(29(3)4)15-11-13-19-25-27-28-26-20-14-12-16-22(30(5)6)24-18-10-8-2/h21-22,29-30H,7-20H2,1-6H3. The van der Waals surface area contributed by atoms with E-state index in [-0.39, 0.29) is 0 Å². The third-order valence-electron chi connectivity index (χ3n) is 5.20. The molecule has 2 atom stereocenters. The zero-order chi connectivity index (χ0) is 22.5. The van der Waals surface area contributed by atoms with Gasteiger partial charge in [-0.3, -0.25) is 0 Å². The molecule has 0 saturated heterocycles. The van der Waals surface area contributed by atoms with Crippen molar-refractivity contribution < 1.29 is 9.47 Å². The van der Waals surface area contributed by atoms with E-state index < -0.39 is 17.6 Å². The predicted octanol–water partition coefficient (Wildman–Crippen LogP) is 8.43. The van der Waals surface area contributed by atoms with Gasteiger partial charge in [0.05, 0.1) is 17.6 Å². The van der Waals surface area contributed by atoms with Gasteiger partial charge >= 0.3 is 0 Å². The Morgan fingerprint density at radius 3 is 1.33 bits per heavy atom. The summed E-state index contributed by atoms with van der Waals surface area (Å²) in [5.41, 5.74) is 1.18. The third kappa shape index (κ3) is 20.4. The first-order valence-electron chi connectivity index (χ1n) is 12.3. The Kier molecular flexibility index (Phi) is 25.3. The summed E-state index contributed by atoms with van der Waals surface area (Å²) in [4.78, 5) is 0. The maximum absolute atomic E-state index is 6.12. The third-order valence-corrected chi connectivity index (χ3v) is 15.9. The number of hydrogen-bond donors (Lipinski definition) is 0. The molecule has 0 heterocycles. The highest BCUT2D eigenvalue weighted by atomic mass is 33.7. The summed E-state index contributed by atoms with van der Waals surface area (Å²) in [6.45, 7) is 16.1. The van der Waals surface area contributed by atoms with Gasteiger partial charge in [0.1, 0.15) is 0 Å². The maximum Gasteiger partial charge on any atom is 0.0656 e. The van der Waals surface area contributed by atoms with Crippen LogP contribution in [0.4, 0.5) is 0 Å². The summed E-state index contributed by atoms with van der Waals surface area (Å²) in [6.07, 6.45) is 12.8. The van der Waals surface area contributed by atoms with Gasteiger partial charge in [-0.15, -0.1) is 0 Å². The van der Waals surface area contributed by atoms with Crippen molar-refractivity contribution in [2.45, 2.75) is 116 Å². The quantitative estimate of drug-likeness (QED) is 0.0744. The van der Waals surface area contributed by atoms with E-state index in [2.05, 4.69) is 40.0 Å². The Hall–Kier alpha value is 1.75. The fraction of sp³-hybridized carbons (Fsp3) is 1.00. The van der Waals surface area contributed by atoms with E-state index in [0.717, 1.165) is 13.2 Å². The van der Waals surface area contributed by atoms with Crippen molar-refractivity contribution in [2.24, 2.45) is 0 Å². The molecular formula is C22H50O2S4Si2. The smallest absolute Gasteiger partial charge is 0.0656 e. The van der Waals surface area contributed by atoms with Gasteiger partial charge in [0.15, 0.2) is 0 Å². The van der Waals surface area contributed by atoms with Crippen LogP contribution in [-0.4, -0.2) is 53.8 Å². The molecule has 0 radical (unpaired) electrons. The van der Waals surface area contributed by atoms with Crippen LogP contribution in [0.15, 0.2) is 0 Å². The lowest BCUT2D eigenvalue weighted by molar-refractivity contribution is 0.0928. The van der Waals surface area contributed by atoms with Crippen molar-refractivity contribution >= 4 is 58.8 Å². The molecule has 2 unspecified atom stereocenters. The van der Waals surface area contributed by atoms with E-state index in [1.807, 2.05) is 41.2 Å². The fourth-order valence-corrected chi connectivity index (χ4v) is 12.2. The monoisotopic (exact) mass is 530 g/mol. The molecule has 0 spiro atoms. The molecule has 0 aromatic carbocycles. The summed E-state index contributed by atoms with van der Waals surface area (Å²) in [5, 5.41) is 0. The molecule has 0 amide bonds. The van der Waals surface area contributed by atoms with Crippen LogP contribution in [0.25, 0.3) is 0 Å². The van der Waals surface area contributed by atoms with Crippen LogP contribution in [0, 0.1) is 0 Å². The highest BCUT2D eigenvalue weighted by Gasteiger charge is 2.15. The van der Waals surface area contributed by atoms with Crippen molar-refractivity contribution in [3.63, 3.8) is 0 Å². The lowest BCUT2D eigenvalue weighted by Crippen LogP contribution is -2.28. The van der Waals surface area contributed by atoms with Crippen LogP contribution >= 0.6 is 41.2 Å². The molecule has 0 aliphatic carbocycles. The predicted molar refractivity (Wildman–Crippen MR) is 155 cm³/mol. The molecule has 0 N–H and O–H groups in total. The van der Waals surface area contributed by atoms with E-state index in [1.165, 1.54) is 75.7 Å². The zero-order valence-electron chi connectivity index (χ0n) is 20.7. The SMILES string of the molecule is CCCCOC(CCCCSSSSCCCCC(OCCCC)[SiH](C)C)[SiH](C)C. The average Bonchev–Trinajstić information content (AvgIpc) is 2.71. The molecule has 8 heteroatoms. The van der Waals surface area contributed by atoms with Crippen molar-refractivity contribution in [1.29, 1.82) is 0 Å². The minimum absolute atomic E-state index is 0.592. The van der Waals surface area contributed by atoms with Crippen LogP contribution in [-0.2, 0) is 9.47 Å². The van der Waals surface area contributed by atoms with Crippen LogP contribution in [0.3, 0.4) is 0 Å². The summed E-state index contributed by atoms with van der Waals surface area (Å²) in [7, 11) is 6.65. The van der Waals surface area contributed by atoms with Gasteiger partial charge in [0.25, 0.3) is 0 Å². The van der Waals surface area contributed by atoms with Gasteiger partial charge in [-0.25, -0.2) is 0 Å². The Morgan fingerprint density at radius 2 is 1.00 bits per heavy atom. The normalized spacial score (nSPS) is 14.0. The fourth-order valence-electron chi connectivity index (χ4n) is 3.10. The Labute approximate surface area is 207 Å². The van der Waals surface area contributed by atoms with Gasteiger partial charge in [0, 0.05) is 36.2 Å². The van der Waals surface area contributed by atoms with Crippen LogP contribution < -0.4 is 0 Å². The topological polar surface area (TPSA) is 18.5 Å². The summed E-state index contributed by atoms with van der Waals surface area (Å²) in [5.74, 6) is 2.55. The van der Waals surface area contributed by atoms with E-state index in [9.17, 15) is 0 Å². The van der Waals surface area contributed by atoms with E-state index in [1.54, 1.807) is 0 Å². The highest BCUT2D eigenvalue weighted by Crippen LogP contribution is 2.43. The molecule has 0 aromatic heterocycles. The van der Waals surface area contributed by atoms with Crippen LogP contribution in [0.2, 0.25) is 26.2 Å². The average molecular weight is 531 g/mol.